The van der Waals surface area contributed by atoms with E-state index in [1.165, 1.54) is 16.0 Å². The molecule has 1 aliphatic rings. The van der Waals surface area contributed by atoms with E-state index < -0.39 is 0 Å². The fraction of sp³-hybridized carbons (Fsp3) is 0.429. The molecular weight excluding hydrogens is 242 g/mol. The van der Waals surface area contributed by atoms with Crippen LogP contribution in [0.3, 0.4) is 0 Å². The molecule has 0 aliphatic carbocycles. The van der Waals surface area contributed by atoms with E-state index in [9.17, 15) is 9.59 Å². The number of hydrogen-bond acceptors (Lipinski definition) is 3. The zero-order valence-electron chi connectivity index (χ0n) is 11.3. The van der Waals surface area contributed by atoms with E-state index in [1.807, 2.05) is 18.2 Å². The summed E-state index contributed by atoms with van der Waals surface area (Å²) in [6, 6.07) is 7.82. The van der Waals surface area contributed by atoms with Crippen LogP contribution in [0.1, 0.15) is 11.1 Å². The second-order valence-corrected chi connectivity index (χ2v) is 4.91. The molecule has 2 rings (SSSR count). The number of likely N-dealkylation sites (N-methyl/N-ethyl adjacent to an activating group) is 1. The third-order valence-electron chi connectivity index (χ3n) is 3.31. The first-order valence-electron chi connectivity index (χ1n) is 6.36. The summed E-state index contributed by atoms with van der Waals surface area (Å²) in [5.74, 6) is -0.228. The molecule has 5 nitrogen and oxygen atoms in total. The first-order chi connectivity index (χ1) is 9.08. The van der Waals surface area contributed by atoms with Crippen molar-refractivity contribution in [3.05, 3.63) is 35.4 Å². The average Bonchev–Trinajstić information content (AvgIpc) is 2.43. The number of benzene rings is 1. The maximum Gasteiger partial charge on any atom is 0.241 e. The zero-order chi connectivity index (χ0) is 13.8. The highest BCUT2D eigenvalue weighted by Gasteiger charge is 2.24. The van der Waals surface area contributed by atoms with Gasteiger partial charge < -0.3 is 15.5 Å². The van der Waals surface area contributed by atoms with E-state index >= 15 is 0 Å². The maximum atomic E-state index is 12.0. The molecule has 102 valence electrons. The lowest BCUT2D eigenvalue weighted by atomic mass is 9.95. The van der Waals surface area contributed by atoms with Crippen molar-refractivity contribution in [2.45, 2.75) is 19.0 Å². The fourth-order valence-electron chi connectivity index (χ4n) is 2.08. The topological polar surface area (TPSA) is 61.4 Å². The molecule has 1 aromatic rings. The van der Waals surface area contributed by atoms with Crippen LogP contribution in [-0.2, 0) is 22.6 Å². The first-order valence-corrected chi connectivity index (χ1v) is 6.36. The predicted octanol–water partition coefficient (Wildman–Crippen LogP) is -0.0947. The Morgan fingerprint density at radius 1 is 1.32 bits per heavy atom. The van der Waals surface area contributed by atoms with Gasteiger partial charge in [0.25, 0.3) is 0 Å². The molecule has 0 bridgehead atoms. The fourth-order valence-corrected chi connectivity index (χ4v) is 2.08. The molecule has 1 aliphatic heterocycles. The van der Waals surface area contributed by atoms with Crippen molar-refractivity contribution in [1.29, 1.82) is 0 Å². The third-order valence-corrected chi connectivity index (χ3v) is 3.31. The predicted molar refractivity (Wildman–Crippen MR) is 72.5 cm³/mol. The summed E-state index contributed by atoms with van der Waals surface area (Å²) in [6.07, 6.45) is 0.665. The van der Waals surface area contributed by atoms with Crippen molar-refractivity contribution in [3.8, 4) is 0 Å². The average molecular weight is 261 g/mol. The van der Waals surface area contributed by atoms with E-state index in [2.05, 4.69) is 16.7 Å². The SMILES string of the molecule is CN(C)C(=O)CNC(=O)[C@H]1Cc2ccccc2CN1. The van der Waals surface area contributed by atoms with Gasteiger partial charge in [0.05, 0.1) is 12.6 Å². The van der Waals surface area contributed by atoms with Gasteiger partial charge in [-0.1, -0.05) is 24.3 Å². The highest BCUT2D eigenvalue weighted by atomic mass is 16.2. The minimum absolute atomic E-state index is 0.0473. The Morgan fingerprint density at radius 2 is 2.00 bits per heavy atom. The van der Waals surface area contributed by atoms with Crippen LogP contribution in [0.25, 0.3) is 0 Å². The summed E-state index contributed by atoms with van der Waals surface area (Å²) >= 11 is 0. The number of rotatable bonds is 3. The number of carbonyl (C=O) groups excluding carboxylic acids is 2. The quantitative estimate of drug-likeness (QED) is 0.799. The number of nitrogens with one attached hydrogen (secondary N) is 2. The van der Waals surface area contributed by atoms with Crippen LogP contribution in [0, 0.1) is 0 Å². The van der Waals surface area contributed by atoms with E-state index in [1.54, 1.807) is 14.1 Å². The minimum Gasteiger partial charge on any atom is -0.347 e. The largest absolute Gasteiger partial charge is 0.347 e. The van der Waals surface area contributed by atoms with Gasteiger partial charge in [0.2, 0.25) is 11.8 Å². The molecule has 2 amide bonds. The summed E-state index contributed by atoms with van der Waals surface area (Å²) < 4.78 is 0. The number of hydrogen-bond donors (Lipinski definition) is 2. The number of carbonyl (C=O) groups is 2. The van der Waals surface area contributed by atoms with Crippen molar-refractivity contribution >= 4 is 11.8 Å². The monoisotopic (exact) mass is 261 g/mol. The Bertz CT molecular complexity index is 485. The van der Waals surface area contributed by atoms with Gasteiger partial charge in [-0.15, -0.1) is 0 Å². The smallest absolute Gasteiger partial charge is 0.241 e. The zero-order valence-corrected chi connectivity index (χ0v) is 11.3. The third kappa shape index (κ3) is 3.32. The Morgan fingerprint density at radius 3 is 2.68 bits per heavy atom. The summed E-state index contributed by atoms with van der Waals surface area (Å²) in [5, 5.41) is 5.86. The van der Waals surface area contributed by atoms with Gasteiger partial charge in [0, 0.05) is 20.6 Å². The van der Waals surface area contributed by atoms with Crippen LogP contribution in [0.5, 0.6) is 0 Å². The summed E-state index contributed by atoms with van der Waals surface area (Å²) in [4.78, 5) is 24.9. The lowest BCUT2D eigenvalue weighted by Gasteiger charge is -2.25. The second-order valence-electron chi connectivity index (χ2n) is 4.91. The lowest BCUT2D eigenvalue weighted by Crippen LogP contribution is -2.49. The lowest BCUT2D eigenvalue weighted by molar-refractivity contribution is -0.131. The molecule has 1 aromatic carbocycles. The molecule has 0 unspecified atom stereocenters. The van der Waals surface area contributed by atoms with E-state index in [4.69, 9.17) is 0 Å². The standard InChI is InChI=1S/C14H19N3O2/c1-17(2)13(18)9-16-14(19)12-7-10-5-3-4-6-11(10)8-15-12/h3-6,12,15H,7-9H2,1-2H3,(H,16,19)/t12-/m1/s1. The molecule has 0 saturated carbocycles. The molecule has 0 saturated heterocycles. The summed E-state index contributed by atoms with van der Waals surface area (Å²) in [7, 11) is 3.34. The van der Waals surface area contributed by atoms with Gasteiger partial charge in [0.1, 0.15) is 0 Å². The van der Waals surface area contributed by atoms with Crippen molar-refractivity contribution in [2.75, 3.05) is 20.6 Å². The molecule has 19 heavy (non-hydrogen) atoms. The normalized spacial score (nSPS) is 17.5. The van der Waals surface area contributed by atoms with Crippen LogP contribution in [0.4, 0.5) is 0 Å². The highest BCUT2D eigenvalue weighted by Crippen LogP contribution is 2.16. The summed E-state index contributed by atoms with van der Waals surface area (Å²) in [5.41, 5.74) is 2.43. The van der Waals surface area contributed by atoms with Crippen LogP contribution >= 0.6 is 0 Å². The van der Waals surface area contributed by atoms with E-state index in [0.717, 1.165) is 0 Å². The van der Waals surface area contributed by atoms with Gasteiger partial charge in [-0.2, -0.15) is 0 Å². The maximum absolute atomic E-state index is 12.0. The van der Waals surface area contributed by atoms with Crippen LogP contribution < -0.4 is 10.6 Å². The Labute approximate surface area is 113 Å². The molecule has 0 spiro atoms. The van der Waals surface area contributed by atoms with Crippen LogP contribution in [0.2, 0.25) is 0 Å². The molecule has 1 atom stereocenters. The van der Waals surface area contributed by atoms with Gasteiger partial charge >= 0.3 is 0 Å². The Kier molecular flexibility index (Phi) is 4.16. The van der Waals surface area contributed by atoms with Crippen molar-refractivity contribution in [1.82, 2.24) is 15.5 Å². The minimum atomic E-state index is -0.259. The molecule has 1 heterocycles. The van der Waals surface area contributed by atoms with Gasteiger partial charge in [-0.05, 0) is 17.5 Å². The molecule has 0 aromatic heterocycles. The second kappa shape index (κ2) is 5.84. The molecule has 5 heteroatoms. The van der Waals surface area contributed by atoms with Gasteiger partial charge in [-0.3, -0.25) is 9.59 Å². The molecule has 2 N–H and O–H groups in total. The van der Waals surface area contributed by atoms with Crippen molar-refractivity contribution in [2.24, 2.45) is 0 Å². The Hall–Kier alpha value is -1.88. The summed E-state index contributed by atoms with van der Waals surface area (Å²) in [6.45, 7) is 0.738. The van der Waals surface area contributed by atoms with E-state index in [0.29, 0.717) is 13.0 Å². The number of amides is 2. The van der Waals surface area contributed by atoms with Crippen LogP contribution in [-0.4, -0.2) is 43.4 Å². The number of nitrogens with zero attached hydrogens (tertiary/aromatic N) is 1. The molecule has 0 radical (unpaired) electrons. The van der Waals surface area contributed by atoms with Crippen LogP contribution in [0.15, 0.2) is 24.3 Å². The molecule has 0 fully saturated rings. The Balaban J connectivity index is 1.90. The van der Waals surface area contributed by atoms with Gasteiger partial charge in [-0.25, -0.2) is 0 Å². The van der Waals surface area contributed by atoms with Crippen molar-refractivity contribution < 1.29 is 9.59 Å². The first kappa shape index (κ1) is 13.5. The van der Waals surface area contributed by atoms with Gasteiger partial charge in [0.15, 0.2) is 0 Å². The van der Waals surface area contributed by atoms with E-state index in [-0.39, 0.29) is 24.4 Å². The number of fused-ring (bicyclic) bond motifs is 1. The highest BCUT2D eigenvalue weighted by molar-refractivity contribution is 5.87. The van der Waals surface area contributed by atoms with Crippen molar-refractivity contribution in [3.63, 3.8) is 0 Å². The molecular formula is C14H19N3O2.